The Kier molecular flexibility index (Phi) is 4.29. The van der Waals surface area contributed by atoms with Gasteiger partial charge in [-0.3, -0.25) is 19.7 Å². The van der Waals surface area contributed by atoms with Crippen LogP contribution in [0.1, 0.15) is 19.8 Å². The first-order chi connectivity index (χ1) is 9.78. The molecule has 1 atom stereocenters. The summed E-state index contributed by atoms with van der Waals surface area (Å²) in [4.78, 5) is 33.3. The van der Waals surface area contributed by atoms with E-state index in [1.54, 1.807) is 0 Å². The third kappa shape index (κ3) is 3.80. The van der Waals surface area contributed by atoms with Gasteiger partial charge in [0.1, 0.15) is 6.04 Å². The molecule has 1 aromatic heterocycles. The van der Waals surface area contributed by atoms with Crippen LogP contribution in [0.2, 0.25) is 0 Å². The van der Waals surface area contributed by atoms with Gasteiger partial charge in [-0.05, 0) is 6.42 Å². The summed E-state index contributed by atoms with van der Waals surface area (Å²) in [7, 11) is -4.05. The normalized spacial score (nSPS) is 19.2. The number of amides is 3. The number of anilines is 1. The molecule has 0 aromatic carbocycles. The minimum atomic E-state index is -4.05. The van der Waals surface area contributed by atoms with Gasteiger partial charge in [0.15, 0.2) is 0 Å². The molecule has 1 unspecified atom stereocenters. The number of nitrogens with one attached hydrogen (secondary N) is 3. The molecule has 114 valence electrons. The van der Waals surface area contributed by atoms with Crippen molar-refractivity contribution in [2.45, 2.75) is 30.1 Å². The highest BCUT2D eigenvalue weighted by atomic mass is 32.2. The topological polar surface area (TPSA) is 147 Å². The van der Waals surface area contributed by atoms with Crippen LogP contribution in [0.3, 0.4) is 0 Å². The zero-order valence-electron chi connectivity index (χ0n) is 10.7. The largest absolute Gasteiger partial charge is 0.301 e. The predicted octanol–water partition coefficient (Wildman–Crippen LogP) is -1.42. The van der Waals surface area contributed by atoms with Crippen molar-refractivity contribution >= 4 is 44.2 Å². The molecular weight excluding hydrogens is 322 g/mol. The van der Waals surface area contributed by atoms with Gasteiger partial charge in [-0.15, -0.1) is 10.2 Å². The first-order valence-corrected chi connectivity index (χ1v) is 8.05. The molecular formula is C9H11N5O5S2. The van der Waals surface area contributed by atoms with Gasteiger partial charge in [-0.25, -0.2) is 8.42 Å². The van der Waals surface area contributed by atoms with E-state index in [2.05, 4.69) is 20.2 Å². The Hall–Kier alpha value is -1.92. The lowest BCUT2D eigenvalue weighted by Crippen LogP contribution is -2.52. The van der Waals surface area contributed by atoms with Gasteiger partial charge in [0.2, 0.25) is 27.2 Å². The molecule has 3 amide bonds. The van der Waals surface area contributed by atoms with E-state index in [1.165, 1.54) is 6.92 Å². The fourth-order valence-corrected chi connectivity index (χ4v) is 3.76. The van der Waals surface area contributed by atoms with E-state index in [4.69, 9.17) is 0 Å². The van der Waals surface area contributed by atoms with E-state index < -0.39 is 33.8 Å². The maximum Gasteiger partial charge on any atom is 0.270 e. The summed E-state index contributed by atoms with van der Waals surface area (Å²) in [6, 6.07) is -1.04. The molecule has 2 rings (SSSR count). The van der Waals surface area contributed by atoms with Gasteiger partial charge in [-0.2, -0.15) is 4.72 Å². The summed E-state index contributed by atoms with van der Waals surface area (Å²) < 4.78 is 25.9. The summed E-state index contributed by atoms with van der Waals surface area (Å²) in [6.07, 6.45) is 0.118. The summed E-state index contributed by atoms with van der Waals surface area (Å²) in [5, 5.41) is 11.3. The molecule has 12 heteroatoms. The number of nitrogens with zero attached hydrogens (tertiary/aromatic N) is 2. The summed E-state index contributed by atoms with van der Waals surface area (Å²) in [6.45, 7) is 1.25. The molecule has 1 aliphatic heterocycles. The number of piperidine rings is 1. The van der Waals surface area contributed by atoms with Crippen LogP contribution in [0.5, 0.6) is 0 Å². The van der Waals surface area contributed by atoms with Gasteiger partial charge in [0.05, 0.1) is 0 Å². The third-order valence-electron chi connectivity index (χ3n) is 2.46. The highest BCUT2D eigenvalue weighted by molar-refractivity contribution is 7.91. The van der Waals surface area contributed by atoms with Crippen LogP contribution < -0.4 is 15.4 Å². The van der Waals surface area contributed by atoms with E-state index in [0.29, 0.717) is 11.3 Å². The molecule has 0 spiro atoms. The van der Waals surface area contributed by atoms with E-state index in [9.17, 15) is 22.8 Å². The van der Waals surface area contributed by atoms with Gasteiger partial charge < -0.3 is 5.32 Å². The highest BCUT2D eigenvalue weighted by Gasteiger charge is 2.32. The van der Waals surface area contributed by atoms with E-state index >= 15 is 0 Å². The second-order valence-electron chi connectivity index (χ2n) is 4.18. The third-order valence-corrected chi connectivity index (χ3v) is 5.13. The Morgan fingerprint density at radius 3 is 2.71 bits per heavy atom. The maximum absolute atomic E-state index is 12.0. The second kappa shape index (κ2) is 5.83. The number of aromatic nitrogens is 2. The Morgan fingerprint density at radius 2 is 2.10 bits per heavy atom. The van der Waals surface area contributed by atoms with Gasteiger partial charge >= 0.3 is 0 Å². The van der Waals surface area contributed by atoms with E-state index in [0.717, 1.165) is 0 Å². The Morgan fingerprint density at radius 1 is 1.38 bits per heavy atom. The van der Waals surface area contributed by atoms with Crippen molar-refractivity contribution in [3.8, 4) is 0 Å². The molecule has 10 nitrogen and oxygen atoms in total. The van der Waals surface area contributed by atoms with Crippen molar-refractivity contribution in [3.05, 3.63) is 0 Å². The number of hydrogen-bond donors (Lipinski definition) is 3. The van der Waals surface area contributed by atoms with Crippen molar-refractivity contribution in [1.82, 2.24) is 20.2 Å². The van der Waals surface area contributed by atoms with Crippen molar-refractivity contribution in [3.63, 3.8) is 0 Å². The highest BCUT2D eigenvalue weighted by Crippen LogP contribution is 2.20. The van der Waals surface area contributed by atoms with Crippen molar-refractivity contribution in [2.75, 3.05) is 5.32 Å². The van der Waals surface area contributed by atoms with Gasteiger partial charge in [-0.1, -0.05) is 11.3 Å². The standard InChI is InChI=1S/C9H11N5O5S2/c1-4(15)10-8-12-13-9(20-8)21(18,19)14-5-2-3-6(16)11-7(5)17/h5,14H,2-3H2,1H3,(H,10,12,15)(H,11,16,17). The number of sulfonamides is 1. The fourth-order valence-electron chi connectivity index (χ4n) is 1.56. The lowest BCUT2D eigenvalue weighted by Gasteiger charge is -2.20. The molecule has 1 aliphatic rings. The monoisotopic (exact) mass is 333 g/mol. The predicted molar refractivity (Wildman–Crippen MR) is 70.7 cm³/mol. The van der Waals surface area contributed by atoms with Crippen LogP contribution in [0.15, 0.2) is 4.34 Å². The van der Waals surface area contributed by atoms with Crippen molar-refractivity contribution in [2.24, 2.45) is 0 Å². The number of imide groups is 1. The summed E-state index contributed by atoms with van der Waals surface area (Å²) >= 11 is 0.655. The molecule has 1 aromatic rings. The molecule has 0 radical (unpaired) electrons. The second-order valence-corrected chi connectivity index (χ2v) is 7.04. The fraction of sp³-hybridized carbons (Fsp3) is 0.444. The zero-order chi connectivity index (χ0) is 15.6. The van der Waals surface area contributed by atoms with E-state index in [1.807, 2.05) is 5.32 Å². The first kappa shape index (κ1) is 15.5. The van der Waals surface area contributed by atoms with Gasteiger partial charge in [0.25, 0.3) is 10.0 Å². The lowest BCUT2D eigenvalue weighted by molar-refractivity contribution is -0.134. The van der Waals surface area contributed by atoms with Crippen LogP contribution >= 0.6 is 11.3 Å². The quantitative estimate of drug-likeness (QED) is 0.452. The molecule has 0 saturated carbocycles. The lowest BCUT2D eigenvalue weighted by atomic mass is 10.1. The first-order valence-electron chi connectivity index (χ1n) is 5.75. The van der Waals surface area contributed by atoms with Crippen LogP contribution in [0, 0.1) is 0 Å². The average Bonchev–Trinajstić information content (AvgIpc) is 2.81. The van der Waals surface area contributed by atoms with Crippen molar-refractivity contribution < 1.29 is 22.8 Å². The summed E-state index contributed by atoms with van der Waals surface area (Å²) in [5.41, 5.74) is 0. The average molecular weight is 333 g/mol. The van der Waals surface area contributed by atoms with Crippen LogP contribution in [0.4, 0.5) is 5.13 Å². The van der Waals surface area contributed by atoms with Crippen molar-refractivity contribution in [1.29, 1.82) is 0 Å². The van der Waals surface area contributed by atoms with Gasteiger partial charge in [0, 0.05) is 13.3 Å². The van der Waals surface area contributed by atoms with Crippen LogP contribution in [-0.4, -0.2) is 42.4 Å². The SMILES string of the molecule is CC(=O)Nc1nnc(S(=O)(=O)NC2CCC(=O)NC2=O)s1. The number of hydrogen-bond acceptors (Lipinski definition) is 8. The molecule has 0 bridgehead atoms. The Balaban J connectivity index is 2.11. The molecule has 3 N–H and O–H groups in total. The zero-order valence-corrected chi connectivity index (χ0v) is 12.4. The van der Waals surface area contributed by atoms with Crippen LogP contribution in [-0.2, 0) is 24.4 Å². The minimum Gasteiger partial charge on any atom is -0.301 e. The number of carbonyl (C=O) groups is 3. The molecule has 21 heavy (non-hydrogen) atoms. The van der Waals surface area contributed by atoms with E-state index in [-0.39, 0.29) is 22.3 Å². The Labute approximate surface area is 123 Å². The minimum absolute atomic E-state index is 0.0335. The smallest absolute Gasteiger partial charge is 0.270 e. The molecule has 1 saturated heterocycles. The molecule has 0 aliphatic carbocycles. The summed E-state index contributed by atoms with van der Waals surface area (Å²) in [5.74, 6) is -1.56. The molecule has 2 heterocycles. The van der Waals surface area contributed by atoms with Crippen LogP contribution in [0.25, 0.3) is 0 Å². The number of carbonyl (C=O) groups excluding carboxylic acids is 3. The molecule has 1 fully saturated rings. The Bertz CT molecular complexity index is 697. The maximum atomic E-state index is 12.0. The number of rotatable bonds is 4.